The Morgan fingerprint density at radius 3 is 2.60 bits per heavy atom. The van der Waals surface area contributed by atoms with Gasteiger partial charge in [-0.15, -0.1) is 22.0 Å². The third kappa shape index (κ3) is 4.09. The number of aromatic nitrogens is 2. The van der Waals surface area contributed by atoms with Gasteiger partial charge in [0.05, 0.1) is 11.8 Å². The molecule has 20 heavy (non-hydrogen) atoms. The number of nitrogens with zero attached hydrogens (tertiary/aromatic N) is 2. The van der Waals surface area contributed by atoms with Gasteiger partial charge in [-0.2, -0.15) is 0 Å². The molecular weight excluding hydrogens is 274 g/mol. The first kappa shape index (κ1) is 14.6. The van der Waals surface area contributed by atoms with Crippen LogP contribution in [-0.4, -0.2) is 21.4 Å². The van der Waals surface area contributed by atoms with Gasteiger partial charge < -0.3 is 9.73 Å². The van der Waals surface area contributed by atoms with E-state index in [4.69, 9.17) is 4.42 Å². The zero-order valence-corrected chi connectivity index (χ0v) is 12.5. The molecule has 2 rings (SSSR count). The lowest BCUT2D eigenvalue weighted by molar-refractivity contribution is -0.120. The number of aryl methyl sites for hydroxylation is 2. The Kier molecular flexibility index (Phi) is 4.79. The van der Waals surface area contributed by atoms with E-state index in [1.165, 1.54) is 17.3 Å². The van der Waals surface area contributed by atoms with E-state index >= 15 is 0 Å². The lowest BCUT2D eigenvalue weighted by Gasteiger charge is -2.11. The Bertz CT molecular complexity index is 580. The van der Waals surface area contributed by atoms with Gasteiger partial charge >= 0.3 is 0 Å². The lowest BCUT2D eigenvalue weighted by Crippen LogP contribution is -2.30. The molecule has 6 heteroatoms. The maximum atomic E-state index is 12.0. The van der Waals surface area contributed by atoms with Crippen LogP contribution in [0.1, 0.15) is 24.3 Å². The van der Waals surface area contributed by atoms with Crippen LogP contribution in [0.15, 0.2) is 33.6 Å². The molecule has 0 saturated carbocycles. The third-order valence-corrected chi connectivity index (χ3v) is 3.80. The third-order valence-electron chi connectivity index (χ3n) is 2.68. The quantitative estimate of drug-likeness (QED) is 0.857. The monoisotopic (exact) mass is 291 g/mol. The number of amides is 1. The predicted molar refractivity (Wildman–Crippen MR) is 77.4 cm³/mol. The van der Waals surface area contributed by atoms with E-state index in [0.717, 1.165) is 4.90 Å². The van der Waals surface area contributed by atoms with Crippen LogP contribution in [0.2, 0.25) is 0 Å². The zero-order chi connectivity index (χ0) is 14.5. The smallest absolute Gasteiger partial charge is 0.235 e. The van der Waals surface area contributed by atoms with Crippen LogP contribution in [0, 0.1) is 13.8 Å². The molecule has 1 atom stereocenters. The number of thioether (sulfide) groups is 1. The molecule has 0 spiro atoms. The van der Waals surface area contributed by atoms with Crippen molar-refractivity contribution < 1.29 is 9.21 Å². The maximum Gasteiger partial charge on any atom is 0.235 e. The topological polar surface area (TPSA) is 68.0 Å². The van der Waals surface area contributed by atoms with Crippen molar-refractivity contribution >= 4 is 17.7 Å². The van der Waals surface area contributed by atoms with E-state index in [9.17, 15) is 4.79 Å². The summed E-state index contributed by atoms with van der Waals surface area (Å²) in [5.74, 6) is 0.867. The number of rotatable bonds is 5. The van der Waals surface area contributed by atoms with Gasteiger partial charge in [0.2, 0.25) is 17.7 Å². The van der Waals surface area contributed by atoms with Crippen molar-refractivity contribution in [1.29, 1.82) is 0 Å². The number of nitrogens with one attached hydrogen (secondary N) is 1. The largest absolute Gasteiger partial charge is 0.424 e. The number of hydrogen-bond acceptors (Lipinski definition) is 5. The molecule has 106 valence electrons. The van der Waals surface area contributed by atoms with Crippen molar-refractivity contribution in [3.05, 3.63) is 41.6 Å². The molecule has 5 nitrogen and oxygen atoms in total. The van der Waals surface area contributed by atoms with Gasteiger partial charge in [0, 0.05) is 11.8 Å². The fourth-order valence-electron chi connectivity index (χ4n) is 1.59. The van der Waals surface area contributed by atoms with Crippen molar-refractivity contribution in [3.63, 3.8) is 0 Å². The summed E-state index contributed by atoms with van der Waals surface area (Å²) in [6.07, 6.45) is 0. The van der Waals surface area contributed by atoms with Gasteiger partial charge in [0.25, 0.3) is 0 Å². The second-order valence-electron chi connectivity index (χ2n) is 4.51. The predicted octanol–water partition coefficient (Wildman–Crippen LogP) is 2.48. The van der Waals surface area contributed by atoms with E-state index in [2.05, 4.69) is 15.5 Å². The fourth-order valence-corrected chi connectivity index (χ4v) is 2.48. The first-order valence-electron chi connectivity index (χ1n) is 6.34. The fraction of sp³-hybridized carbons (Fsp3) is 0.357. The van der Waals surface area contributed by atoms with Crippen LogP contribution >= 0.6 is 11.8 Å². The summed E-state index contributed by atoms with van der Waals surface area (Å²) in [5.41, 5.74) is 1.21. The molecule has 0 aliphatic carbocycles. The first-order valence-corrected chi connectivity index (χ1v) is 7.22. The molecule has 0 radical (unpaired) electrons. The van der Waals surface area contributed by atoms with E-state index in [1.54, 1.807) is 6.92 Å². The van der Waals surface area contributed by atoms with E-state index in [-0.39, 0.29) is 17.7 Å². The Balaban J connectivity index is 1.84. The Labute approximate surface area is 122 Å². The van der Waals surface area contributed by atoms with Gasteiger partial charge in [-0.25, -0.2) is 0 Å². The molecule has 1 amide bonds. The summed E-state index contributed by atoms with van der Waals surface area (Å²) >= 11 is 1.52. The Morgan fingerprint density at radius 2 is 2.00 bits per heavy atom. The summed E-state index contributed by atoms with van der Waals surface area (Å²) < 4.78 is 5.20. The average molecular weight is 291 g/mol. The van der Waals surface area contributed by atoms with Crippen LogP contribution in [-0.2, 0) is 11.3 Å². The second-order valence-corrected chi connectivity index (χ2v) is 5.92. The lowest BCUT2D eigenvalue weighted by atomic mass is 10.2. The van der Waals surface area contributed by atoms with Crippen molar-refractivity contribution in [3.8, 4) is 0 Å². The summed E-state index contributed by atoms with van der Waals surface area (Å²) in [6.45, 7) is 5.89. The number of carbonyl (C=O) groups excluding carboxylic acids is 1. The van der Waals surface area contributed by atoms with Gasteiger partial charge in [-0.1, -0.05) is 17.7 Å². The highest BCUT2D eigenvalue weighted by molar-refractivity contribution is 8.00. The molecule has 1 aromatic carbocycles. The molecule has 0 aliphatic rings. The van der Waals surface area contributed by atoms with Crippen LogP contribution in [0.5, 0.6) is 0 Å². The highest BCUT2D eigenvalue weighted by Crippen LogP contribution is 2.23. The molecule has 1 N–H and O–H groups in total. The molecular formula is C14H17N3O2S. The highest BCUT2D eigenvalue weighted by Gasteiger charge is 2.15. The molecule has 0 bridgehead atoms. The summed E-state index contributed by atoms with van der Waals surface area (Å²) in [4.78, 5) is 13.0. The Morgan fingerprint density at radius 1 is 1.30 bits per heavy atom. The Hall–Kier alpha value is -1.82. The van der Waals surface area contributed by atoms with Crippen molar-refractivity contribution in [1.82, 2.24) is 15.5 Å². The molecule has 0 aliphatic heterocycles. The average Bonchev–Trinajstić information content (AvgIpc) is 2.84. The van der Waals surface area contributed by atoms with E-state index in [0.29, 0.717) is 11.8 Å². The molecule has 0 fully saturated rings. The van der Waals surface area contributed by atoms with Gasteiger partial charge in [-0.05, 0) is 26.0 Å². The normalized spacial score (nSPS) is 12.2. The van der Waals surface area contributed by atoms with Crippen LogP contribution in [0.3, 0.4) is 0 Å². The highest BCUT2D eigenvalue weighted by atomic mass is 32.2. The molecule has 1 heterocycles. The van der Waals surface area contributed by atoms with Gasteiger partial charge in [-0.3, -0.25) is 4.79 Å². The minimum atomic E-state index is -0.179. The number of benzene rings is 1. The van der Waals surface area contributed by atoms with Crippen molar-refractivity contribution in [2.24, 2.45) is 0 Å². The van der Waals surface area contributed by atoms with Crippen LogP contribution in [0.4, 0.5) is 0 Å². The second kappa shape index (κ2) is 6.56. The minimum absolute atomic E-state index is 0.0496. The zero-order valence-electron chi connectivity index (χ0n) is 11.7. The summed E-state index contributed by atoms with van der Waals surface area (Å²) in [7, 11) is 0. The van der Waals surface area contributed by atoms with E-state index in [1.807, 2.05) is 38.1 Å². The standard InChI is InChI=1S/C14H17N3O2S/c1-9-4-6-12(7-5-9)20-10(2)14(18)15-8-13-17-16-11(3)19-13/h4-7,10H,8H2,1-3H3,(H,15,18)/t10-/m0/s1. The first-order chi connectivity index (χ1) is 9.54. The summed E-state index contributed by atoms with van der Waals surface area (Å²) in [6, 6.07) is 8.11. The molecule has 1 aromatic heterocycles. The van der Waals surface area contributed by atoms with Crippen molar-refractivity contribution in [2.45, 2.75) is 37.5 Å². The molecule has 2 aromatic rings. The number of carbonyl (C=O) groups is 1. The van der Waals surface area contributed by atoms with Gasteiger partial charge in [0.1, 0.15) is 0 Å². The van der Waals surface area contributed by atoms with Crippen LogP contribution in [0.25, 0.3) is 0 Å². The van der Waals surface area contributed by atoms with E-state index < -0.39 is 0 Å². The molecule has 0 saturated heterocycles. The number of hydrogen-bond donors (Lipinski definition) is 1. The minimum Gasteiger partial charge on any atom is -0.424 e. The van der Waals surface area contributed by atoms with Crippen LogP contribution < -0.4 is 5.32 Å². The maximum absolute atomic E-state index is 12.0. The SMILES string of the molecule is Cc1ccc(S[C@@H](C)C(=O)NCc2nnc(C)o2)cc1. The molecule has 0 unspecified atom stereocenters. The summed E-state index contributed by atoms with van der Waals surface area (Å²) in [5, 5.41) is 10.2. The van der Waals surface area contributed by atoms with Crippen molar-refractivity contribution in [2.75, 3.05) is 0 Å². The van der Waals surface area contributed by atoms with Gasteiger partial charge in [0.15, 0.2) is 0 Å².